The lowest BCUT2D eigenvalue weighted by molar-refractivity contribution is -0.297. The van der Waals surface area contributed by atoms with Gasteiger partial charge in [0.1, 0.15) is 18.1 Å². The van der Waals surface area contributed by atoms with Crippen molar-refractivity contribution in [3.63, 3.8) is 0 Å². The molecule has 3 saturated heterocycles. The summed E-state index contributed by atoms with van der Waals surface area (Å²) in [6.45, 7) is 14.4. The Balaban J connectivity index is 1.43. The van der Waals surface area contributed by atoms with E-state index >= 15 is 0 Å². The Kier molecular flexibility index (Phi) is 11.6. The molecule has 6 rings (SSSR count). The molecule has 3 saturated carbocycles. The van der Waals surface area contributed by atoms with Crippen LogP contribution in [0.2, 0.25) is 0 Å². The van der Waals surface area contributed by atoms with Gasteiger partial charge in [0.05, 0.1) is 24.2 Å². The fraction of sp³-hybridized carbons (Fsp3) is 0.919. The Hall–Kier alpha value is -1.67. The highest BCUT2D eigenvalue weighted by atomic mass is 16.7. The van der Waals surface area contributed by atoms with Gasteiger partial charge in [0.25, 0.3) is 0 Å². The topological polar surface area (TPSA) is 145 Å². The van der Waals surface area contributed by atoms with Gasteiger partial charge < -0.3 is 44.3 Å². The Morgan fingerprint density at radius 1 is 1.06 bits per heavy atom. The van der Waals surface area contributed by atoms with E-state index in [2.05, 4.69) is 17.6 Å². The quantitative estimate of drug-likeness (QED) is 0.254. The maximum atomic E-state index is 14.3. The number of Topliss-reactive ketones (excluding diaryl/α,β-unsaturated/α-hetero) is 1. The molecule has 49 heavy (non-hydrogen) atoms. The average Bonchev–Trinajstić information content (AvgIpc) is 3.33. The van der Waals surface area contributed by atoms with Crippen molar-refractivity contribution in [1.82, 2.24) is 15.5 Å². The number of hydrogen-bond donors (Lipinski definition) is 3. The number of likely N-dealkylation sites (N-methyl/N-ethyl adjacent to an activating group) is 1. The van der Waals surface area contributed by atoms with Crippen LogP contribution < -0.4 is 10.6 Å². The molecule has 5 unspecified atom stereocenters. The van der Waals surface area contributed by atoms with Crippen LogP contribution in [0.4, 0.5) is 0 Å². The lowest BCUT2D eigenvalue weighted by Gasteiger charge is -2.62. The van der Waals surface area contributed by atoms with Crippen molar-refractivity contribution in [1.29, 1.82) is 0 Å². The van der Waals surface area contributed by atoms with E-state index in [-0.39, 0.29) is 53.7 Å². The van der Waals surface area contributed by atoms with Crippen LogP contribution in [0.5, 0.6) is 0 Å². The molecule has 0 amide bonds. The number of nitrogens with zero attached hydrogens (tertiary/aromatic N) is 1. The van der Waals surface area contributed by atoms with Gasteiger partial charge in [-0.05, 0) is 98.7 Å². The largest absolute Gasteiger partial charge is 0.458 e. The second-order valence-corrected chi connectivity index (χ2v) is 16.8. The number of rotatable bonds is 8. The minimum atomic E-state index is -1.12. The van der Waals surface area contributed by atoms with Gasteiger partial charge in [0, 0.05) is 43.1 Å². The summed E-state index contributed by atoms with van der Waals surface area (Å²) >= 11 is 0. The number of fused-ring (bicyclic) bond motifs is 1. The first-order valence-corrected chi connectivity index (χ1v) is 18.6. The van der Waals surface area contributed by atoms with Crippen molar-refractivity contribution in [2.24, 2.45) is 29.6 Å². The molecule has 0 aromatic heterocycles. The molecular formula is C37H63N3O9. The van der Waals surface area contributed by atoms with Crippen LogP contribution in [0.3, 0.4) is 0 Å². The lowest BCUT2D eigenvalue weighted by atomic mass is 9.50. The monoisotopic (exact) mass is 693 g/mol. The highest BCUT2D eigenvalue weighted by molar-refractivity contribution is 6.00. The number of nitrogens with one attached hydrogen (secondary N) is 2. The number of aliphatic hydroxyl groups excluding tert-OH is 1. The zero-order chi connectivity index (χ0) is 36.1. The Morgan fingerprint density at radius 3 is 2.31 bits per heavy atom. The molecular weight excluding hydrogens is 630 g/mol. The van der Waals surface area contributed by atoms with E-state index in [9.17, 15) is 19.5 Å². The van der Waals surface area contributed by atoms with E-state index in [1.807, 2.05) is 46.7 Å². The Bertz CT molecular complexity index is 1200. The first-order chi connectivity index (χ1) is 23.0. The minimum Gasteiger partial charge on any atom is -0.458 e. The number of cyclic esters (lactones) is 1. The number of carbonyl (C=O) groups excluding carboxylic acids is 3. The predicted molar refractivity (Wildman–Crippen MR) is 182 cm³/mol. The van der Waals surface area contributed by atoms with Crippen molar-refractivity contribution >= 4 is 17.7 Å². The molecule has 3 aliphatic heterocycles. The maximum absolute atomic E-state index is 14.3. The number of ketones is 1. The van der Waals surface area contributed by atoms with Crippen molar-refractivity contribution in [3.05, 3.63) is 0 Å². The number of esters is 2. The molecule has 2 bridgehead atoms. The zero-order valence-electron chi connectivity index (χ0n) is 31.5. The number of carbonyl (C=O) groups is 3. The van der Waals surface area contributed by atoms with Crippen LogP contribution >= 0.6 is 0 Å². The van der Waals surface area contributed by atoms with Crippen LogP contribution in [-0.2, 0) is 38.1 Å². The summed E-state index contributed by atoms with van der Waals surface area (Å²) in [4.78, 5) is 42.6. The highest BCUT2D eigenvalue weighted by Gasteiger charge is 2.57. The normalized spacial score (nSPS) is 48.0. The average molecular weight is 694 g/mol. The Morgan fingerprint density at radius 2 is 1.73 bits per heavy atom. The molecule has 280 valence electrons. The van der Waals surface area contributed by atoms with E-state index in [4.69, 9.17) is 23.7 Å². The van der Waals surface area contributed by atoms with Gasteiger partial charge in [-0.3, -0.25) is 14.4 Å². The van der Waals surface area contributed by atoms with Gasteiger partial charge in [0.2, 0.25) is 0 Å². The van der Waals surface area contributed by atoms with E-state index in [1.165, 1.54) is 19.3 Å². The van der Waals surface area contributed by atoms with Crippen LogP contribution in [-0.4, -0.2) is 122 Å². The molecule has 13 atom stereocenters. The van der Waals surface area contributed by atoms with Crippen molar-refractivity contribution in [2.75, 3.05) is 34.3 Å². The predicted octanol–water partition coefficient (Wildman–Crippen LogP) is 2.83. The fourth-order valence-electron chi connectivity index (χ4n) is 9.48. The van der Waals surface area contributed by atoms with Gasteiger partial charge in [-0.15, -0.1) is 0 Å². The second-order valence-electron chi connectivity index (χ2n) is 16.8. The van der Waals surface area contributed by atoms with Gasteiger partial charge in [-0.25, -0.2) is 0 Å². The molecule has 0 spiro atoms. The highest BCUT2D eigenvalue weighted by Crippen LogP contribution is 2.57. The van der Waals surface area contributed by atoms with Gasteiger partial charge in [-0.1, -0.05) is 20.8 Å². The van der Waals surface area contributed by atoms with Crippen molar-refractivity contribution in [3.8, 4) is 0 Å². The van der Waals surface area contributed by atoms with Gasteiger partial charge in [0.15, 0.2) is 17.7 Å². The molecule has 6 aliphatic rings. The van der Waals surface area contributed by atoms with E-state index in [1.54, 1.807) is 21.0 Å². The van der Waals surface area contributed by atoms with Crippen molar-refractivity contribution in [2.45, 2.75) is 153 Å². The molecule has 3 aliphatic carbocycles. The van der Waals surface area contributed by atoms with E-state index in [0.717, 1.165) is 5.92 Å². The number of aliphatic hydroxyl groups is 1. The third-order valence-electron chi connectivity index (χ3n) is 12.8. The fourth-order valence-corrected chi connectivity index (χ4v) is 9.48. The molecule has 12 nitrogen and oxygen atoms in total. The number of ether oxygens (including phenoxy) is 5. The van der Waals surface area contributed by atoms with E-state index in [0.29, 0.717) is 32.4 Å². The third-order valence-corrected chi connectivity index (χ3v) is 12.8. The summed E-state index contributed by atoms with van der Waals surface area (Å²) in [7, 11) is 5.50. The molecule has 0 radical (unpaired) electrons. The molecule has 12 heteroatoms. The van der Waals surface area contributed by atoms with Crippen LogP contribution in [0.1, 0.15) is 93.4 Å². The zero-order valence-corrected chi connectivity index (χ0v) is 31.5. The van der Waals surface area contributed by atoms with Crippen LogP contribution in [0, 0.1) is 29.6 Å². The first-order valence-electron chi connectivity index (χ1n) is 18.6. The third kappa shape index (κ3) is 7.62. The van der Waals surface area contributed by atoms with Gasteiger partial charge >= 0.3 is 11.9 Å². The number of hydrogen-bond acceptors (Lipinski definition) is 12. The van der Waals surface area contributed by atoms with E-state index < -0.39 is 53.6 Å². The molecule has 0 aromatic rings. The summed E-state index contributed by atoms with van der Waals surface area (Å²) in [6, 6.07) is -0.347. The summed E-state index contributed by atoms with van der Waals surface area (Å²) in [5.41, 5.74) is -1.81. The minimum absolute atomic E-state index is 0.0594. The molecule has 3 heterocycles. The van der Waals surface area contributed by atoms with Crippen LogP contribution in [0.25, 0.3) is 0 Å². The number of methoxy groups -OCH3 is 1. The summed E-state index contributed by atoms with van der Waals surface area (Å²) in [5.74, 6) is -2.62. The molecule has 3 N–H and O–H groups in total. The van der Waals surface area contributed by atoms with Gasteiger partial charge in [-0.2, -0.15) is 0 Å². The lowest BCUT2D eigenvalue weighted by Crippen LogP contribution is -2.68. The smallest absolute Gasteiger partial charge is 0.316 e. The SMILES string of the molecule is CC[C@H]1OC(=O)C(C)C(=O)[C@H](C)[C@@H](OC2OC(CNC34CC(C3)C4)CC(N(C)C)C2O)[C@](C)(OC)C[C@@H](C)CN[C@H](C)[C@H]2CC(=O)O[C@@]21C. The second kappa shape index (κ2) is 14.8. The summed E-state index contributed by atoms with van der Waals surface area (Å²) in [5, 5.41) is 19.0. The first kappa shape index (κ1) is 38.6. The summed E-state index contributed by atoms with van der Waals surface area (Å²) in [6.07, 6.45) is 1.62. The molecule has 0 aromatic carbocycles. The van der Waals surface area contributed by atoms with Crippen LogP contribution in [0.15, 0.2) is 0 Å². The maximum Gasteiger partial charge on any atom is 0.316 e. The summed E-state index contributed by atoms with van der Waals surface area (Å²) < 4.78 is 31.5. The Labute approximate surface area is 293 Å². The van der Waals surface area contributed by atoms with Crippen molar-refractivity contribution < 1.29 is 43.2 Å². The molecule has 6 fully saturated rings. The standard InChI is InChI=1S/C37H63N3O9/c1-11-28-36(7)26(13-29(41)49-36)23(5)38-18-20(2)14-35(6,45-10)32(21(3)30(42)22(4)33(44)47-28)48-34-31(43)27(40(8)9)12-25(46-34)19-39-37-15-24(16-37)17-37/h20-28,31-32,34,38-39,43H,11-19H2,1-10H3/t20-,21+,22?,23-,24?,25?,26-,27?,28-,31?,32-,34?,35-,36+,37?/m1/s1.